The lowest BCUT2D eigenvalue weighted by atomic mass is 9.55. The molecule has 5 heterocycles. The molecule has 13 atom stereocenters. The zero-order chi connectivity index (χ0) is 47.3. The summed E-state index contributed by atoms with van der Waals surface area (Å²) in [4.78, 5) is 11.5. The van der Waals surface area contributed by atoms with Gasteiger partial charge >= 0.3 is 5.97 Å². The van der Waals surface area contributed by atoms with Crippen molar-refractivity contribution in [1.29, 1.82) is 5.26 Å². The minimum absolute atomic E-state index is 0.00250. The van der Waals surface area contributed by atoms with Gasteiger partial charge in [0.2, 0.25) is 6.29 Å². The van der Waals surface area contributed by atoms with Gasteiger partial charge in [0.15, 0.2) is 5.60 Å². The van der Waals surface area contributed by atoms with Crippen LogP contribution in [-0.2, 0) is 44.8 Å². The van der Waals surface area contributed by atoms with Crippen molar-refractivity contribution in [3.63, 3.8) is 0 Å². The number of aromatic carboxylic acids is 1. The van der Waals surface area contributed by atoms with E-state index in [1.54, 1.807) is 25.3 Å². The highest BCUT2D eigenvalue weighted by atomic mass is 16.7. The Morgan fingerprint density at radius 1 is 1.13 bits per heavy atom. The monoisotopic (exact) mass is 920 g/mol. The summed E-state index contributed by atoms with van der Waals surface area (Å²) in [5.74, 6) is 1.92. The number of carboxylic acids is 1. The molecule has 2 aromatic carbocycles. The topological polar surface area (TPSA) is 213 Å². The molecule has 3 aromatic rings. The number of carbonyl (C=O) groups is 1. The van der Waals surface area contributed by atoms with E-state index in [4.69, 9.17) is 23.7 Å². The van der Waals surface area contributed by atoms with E-state index in [0.29, 0.717) is 75.8 Å². The molecule has 2 saturated carbocycles. The van der Waals surface area contributed by atoms with Gasteiger partial charge in [-0.05, 0) is 140 Å². The Balaban J connectivity index is 1.13. The van der Waals surface area contributed by atoms with Crippen LogP contribution in [0.3, 0.4) is 0 Å². The maximum Gasteiger partial charge on any atom is 0.335 e. The Labute approximate surface area is 392 Å². The van der Waals surface area contributed by atoms with E-state index in [0.717, 1.165) is 23.1 Å². The number of fused-ring (bicyclic) bond motifs is 7. The van der Waals surface area contributed by atoms with Gasteiger partial charge in [-0.2, -0.15) is 5.26 Å². The van der Waals surface area contributed by atoms with Gasteiger partial charge in [-0.3, -0.25) is 0 Å². The van der Waals surface area contributed by atoms with Crippen molar-refractivity contribution >= 4 is 5.97 Å². The third kappa shape index (κ3) is 10.2. The average molecular weight is 921 g/mol. The third-order valence-electron chi connectivity index (χ3n) is 15.3. The average Bonchev–Trinajstić information content (AvgIpc) is 3.86. The summed E-state index contributed by atoms with van der Waals surface area (Å²) in [6.07, 6.45) is 9.34. The Bertz CT molecular complexity index is 2350. The summed E-state index contributed by atoms with van der Waals surface area (Å²) in [7, 11) is 1.66. The Hall–Kier alpha value is -5.16. The quantitative estimate of drug-likeness (QED) is 0.0780. The van der Waals surface area contributed by atoms with Crippen LogP contribution in [-0.4, -0.2) is 110 Å². The number of nitriles is 1. The van der Waals surface area contributed by atoms with Crippen molar-refractivity contribution in [2.24, 2.45) is 29.1 Å². The minimum atomic E-state index is -1.78. The maximum absolute atomic E-state index is 12.7. The molecule has 1 aromatic heterocycles. The van der Waals surface area contributed by atoms with Crippen molar-refractivity contribution in [1.82, 2.24) is 4.57 Å². The van der Waals surface area contributed by atoms with Crippen LogP contribution in [0.15, 0.2) is 85.9 Å². The fourth-order valence-electron chi connectivity index (χ4n) is 12.0. The largest absolute Gasteiger partial charge is 0.486 e. The van der Waals surface area contributed by atoms with Gasteiger partial charge < -0.3 is 58.9 Å². The van der Waals surface area contributed by atoms with Crippen molar-refractivity contribution in [3.8, 4) is 23.8 Å². The molecule has 1 saturated heterocycles. The molecule has 2 spiro atoms. The number of methoxy groups -OCH3 is 1. The highest BCUT2D eigenvalue weighted by Gasteiger charge is 2.65. The van der Waals surface area contributed by atoms with Crippen LogP contribution in [0.5, 0.6) is 5.75 Å². The molecule has 0 radical (unpaired) electrons. The first-order chi connectivity index (χ1) is 32.3. The molecule has 3 fully saturated rings. The van der Waals surface area contributed by atoms with Crippen molar-refractivity contribution in [2.45, 2.75) is 132 Å². The van der Waals surface area contributed by atoms with Gasteiger partial charge in [0.05, 0.1) is 35.7 Å². The molecular formula is C53H64N2O12. The fourth-order valence-corrected chi connectivity index (χ4v) is 12.0. The highest BCUT2D eigenvalue weighted by molar-refractivity contribution is 5.87. The predicted octanol–water partition coefficient (Wildman–Crippen LogP) is 5.46. The smallest absolute Gasteiger partial charge is 0.335 e. The summed E-state index contributed by atoms with van der Waals surface area (Å²) in [5.41, 5.74) is 0.102. The zero-order valence-corrected chi connectivity index (χ0v) is 38.1. The van der Waals surface area contributed by atoms with E-state index < -0.39 is 65.3 Å². The molecule has 67 heavy (non-hydrogen) atoms. The number of hydrogen-bond acceptors (Lipinski definition) is 12. The Morgan fingerprint density at radius 2 is 1.96 bits per heavy atom. The molecule has 2 aliphatic carbocycles. The molecule has 0 unspecified atom stereocenters. The lowest BCUT2D eigenvalue weighted by Crippen LogP contribution is -2.70. The lowest BCUT2D eigenvalue weighted by molar-refractivity contribution is -0.334. The van der Waals surface area contributed by atoms with Crippen LogP contribution in [0.1, 0.15) is 90.4 Å². The molecule has 4 aliphatic heterocycles. The summed E-state index contributed by atoms with van der Waals surface area (Å²) < 4.78 is 34.0. The van der Waals surface area contributed by atoms with E-state index in [1.165, 1.54) is 6.26 Å². The summed E-state index contributed by atoms with van der Waals surface area (Å²) in [5, 5.41) is 78.3. The second-order valence-corrected chi connectivity index (χ2v) is 19.7. The number of hydrogen-bond donors (Lipinski definition) is 6. The number of ether oxygens (including phenoxy) is 5. The number of aliphatic hydroxyl groups excluding tert-OH is 4. The van der Waals surface area contributed by atoms with E-state index in [9.17, 15) is 40.7 Å². The number of carboxylic acid groups (broad SMARTS) is 1. The van der Waals surface area contributed by atoms with Crippen molar-refractivity contribution in [2.75, 3.05) is 20.3 Å². The van der Waals surface area contributed by atoms with Crippen LogP contribution in [0.4, 0.5) is 0 Å². The number of aromatic nitrogens is 1. The highest BCUT2D eigenvalue weighted by Crippen LogP contribution is 2.61. The van der Waals surface area contributed by atoms with Gasteiger partial charge in [0, 0.05) is 51.4 Å². The molecule has 6 aliphatic rings. The first-order valence-electron chi connectivity index (χ1n) is 23.6. The van der Waals surface area contributed by atoms with Crippen LogP contribution in [0, 0.1) is 52.4 Å². The number of aliphatic hydroxyl groups is 5. The number of rotatable bonds is 16. The first kappa shape index (κ1) is 48.3. The SMILES string of the molecule is C=CCc1ccc(O[C@H]2O[C@H]3[C@@H](O)[C@H](O)[C@]24C[C@H]([C@H](O)CC#CO[C@H]3CCCO)[C@@]2(C=CO4)CC[C@H]3C[C@H](Cc4ccc(C(=O)O)cc4)C[C@@]3(O)C2)cc1C[C@@H](COC)Cn1ccc(C#N)c1. The minimum Gasteiger partial charge on any atom is -0.486 e. The van der Waals surface area contributed by atoms with Crippen LogP contribution >= 0.6 is 0 Å². The Kier molecular flexibility index (Phi) is 14.9. The van der Waals surface area contributed by atoms with E-state index in [2.05, 4.69) is 24.7 Å². The molecule has 6 N–H and O–H groups in total. The molecule has 3 bridgehead atoms. The summed E-state index contributed by atoms with van der Waals surface area (Å²) in [6, 6.07) is 16.6. The van der Waals surface area contributed by atoms with Gasteiger partial charge in [0.1, 0.15) is 42.3 Å². The Morgan fingerprint density at radius 3 is 2.69 bits per heavy atom. The lowest BCUT2D eigenvalue weighted by Gasteiger charge is -2.54. The molecule has 14 nitrogen and oxygen atoms in total. The van der Waals surface area contributed by atoms with E-state index >= 15 is 0 Å². The van der Waals surface area contributed by atoms with Crippen LogP contribution < -0.4 is 4.74 Å². The van der Waals surface area contributed by atoms with Crippen LogP contribution in [0.2, 0.25) is 0 Å². The molecule has 14 heteroatoms. The van der Waals surface area contributed by atoms with Gasteiger partial charge in [-0.1, -0.05) is 30.2 Å². The van der Waals surface area contributed by atoms with E-state index in [1.807, 2.05) is 59.4 Å². The molecule has 358 valence electrons. The second kappa shape index (κ2) is 20.6. The second-order valence-electron chi connectivity index (χ2n) is 19.7. The zero-order valence-electron chi connectivity index (χ0n) is 38.1. The van der Waals surface area contributed by atoms with Crippen molar-refractivity contribution < 1.29 is 59.1 Å². The van der Waals surface area contributed by atoms with Crippen LogP contribution in [0.25, 0.3) is 0 Å². The maximum atomic E-state index is 12.7. The molecule has 9 rings (SSSR count). The third-order valence-corrected chi connectivity index (χ3v) is 15.3. The fraction of sp³-hybridized carbons (Fsp3) is 0.547. The standard InChI is InChI=1S/C53H64N2O12/c1-3-6-38-13-14-42(26-40(38)24-37(32-63-2)31-55-19-16-35(29-54)30-55)66-50-53-28-43(44(57)7-5-21-64-45(8-4-20-56)47(67-50)46(58)48(53)59)51(18-22-65-53)17-15-41-25-36(27-52(41,62)33-51)23-34-9-11-39(12-10-34)49(60)61/h3,9-14,16,18-19,22,26,30,36-37,41,43-48,50,56-59,62H,1,4,6-8,15,17,20,23-25,27-28,31-33H2,2H3,(H,60,61)/t36-,37+,41-,43+,44+,45-,46+,47+,48-,50-,51+,52+,53+/m0/s1. The normalized spacial score (nSPS) is 33.6. The van der Waals surface area contributed by atoms with Gasteiger partial charge in [-0.25, -0.2) is 4.79 Å². The van der Waals surface area contributed by atoms with Crippen molar-refractivity contribution in [3.05, 3.63) is 114 Å². The van der Waals surface area contributed by atoms with E-state index in [-0.39, 0.29) is 49.2 Å². The number of allylic oxidation sites excluding steroid dienone is 2. The van der Waals surface area contributed by atoms with Gasteiger partial charge in [-0.15, -0.1) is 6.58 Å². The first-order valence-corrected chi connectivity index (χ1v) is 23.6. The predicted molar refractivity (Wildman–Crippen MR) is 245 cm³/mol. The van der Waals surface area contributed by atoms with Gasteiger partial charge in [0.25, 0.3) is 0 Å². The summed E-state index contributed by atoms with van der Waals surface area (Å²) in [6.45, 7) is 4.88. The number of nitrogens with zero attached hydrogens (tertiary/aromatic N) is 2. The summed E-state index contributed by atoms with van der Waals surface area (Å²) >= 11 is 0. The molecule has 0 amide bonds. The number of benzene rings is 2. The molecular weight excluding hydrogens is 857 g/mol.